The van der Waals surface area contributed by atoms with E-state index in [1.807, 2.05) is 18.0 Å². The lowest BCUT2D eigenvalue weighted by atomic mass is 10.0. The number of rotatable bonds is 7. The van der Waals surface area contributed by atoms with Gasteiger partial charge in [0.1, 0.15) is 11.8 Å². The lowest BCUT2D eigenvalue weighted by Gasteiger charge is -2.31. The Morgan fingerprint density at radius 3 is 2.69 bits per heavy atom. The number of oxime groups is 1. The van der Waals surface area contributed by atoms with Crippen LogP contribution in [0.2, 0.25) is 5.15 Å². The third-order valence-electron chi connectivity index (χ3n) is 4.22. The number of likely N-dealkylation sites (N-methyl/N-ethyl adjacent to an activating group) is 1. The summed E-state index contributed by atoms with van der Waals surface area (Å²) in [5.41, 5.74) is 1.93. The van der Waals surface area contributed by atoms with Gasteiger partial charge in [-0.2, -0.15) is 0 Å². The molecule has 1 saturated heterocycles. The Morgan fingerprint density at radius 2 is 2.12 bits per heavy atom. The molecule has 1 N–H and O–H groups in total. The number of piperidine rings is 1. The van der Waals surface area contributed by atoms with E-state index in [-0.39, 0.29) is 19.4 Å². The molecule has 0 bridgehead atoms. The van der Waals surface area contributed by atoms with Crippen LogP contribution in [0.1, 0.15) is 46.1 Å². The summed E-state index contributed by atoms with van der Waals surface area (Å²) in [4.78, 5) is 23.8. The lowest BCUT2D eigenvalue weighted by Crippen LogP contribution is -2.48. The zero-order valence-electron chi connectivity index (χ0n) is 15.2. The Balaban J connectivity index is 0.00000338. The van der Waals surface area contributed by atoms with E-state index in [1.165, 1.54) is 0 Å². The minimum Gasteiger partial charge on any atom is -0.391 e. The molecule has 1 fully saturated rings. The molecule has 146 valence electrons. The molecule has 2 rings (SSSR count). The molecule has 0 aromatic carbocycles. The Hall–Kier alpha value is -1.66. The fraction of sp³-hybridized carbons (Fsp3) is 0.632. The fourth-order valence-corrected chi connectivity index (χ4v) is 3.04. The number of carbonyl (C=O) groups is 1. The third-order valence-corrected chi connectivity index (χ3v) is 4.43. The molecule has 1 atom stereocenters. The van der Waals surface area contributed by atoms with E-state index in [0.29, 0.717) is 30.8 Å². The number of hydrogen-bond donors (Lipinski definition) is 1. The van der Waals surface area contributed by atoms with Crippen molar-refractivity contribution in [2.75, 3.05) is 20.1 Å². The molecular weight excluding hydrogens is 352 g/mol. The van der Waals surface area contributed by atoms with Crippen molar-refractivity contribution in [1.82, 2.24) is 15.2 Å². The highest BCUT2D eigenvalue weighted by Crippen LogP contribution is 2.14. The van der Waals surface area contributed by atoms with Gasteiger partial charge in [0.2, 0.25) is 5.91 Å². The summed E-state index contributed by atoms with van der Waals surface area (Å²) in [7, 11) is 1.85. The molecule has 2 heterocycles. The van der Waals surface area contributed by atoms with Crippen molar-refractivity contribution in [2.24, 2.45) is 11.1 Å². The van der Waals surface area contributed by atoms with Crippen molar-refractivity contribution in [3.63, 3.8) is 0 Å². The van der Waals surface area contributed by atoms with E-state index in [2.05, 4.69) is 29.3 Å². The van der Waals surface area contributed by atoms with Gasteiger partial charge in [0, 0.05) is 32.1 Å². The molecule has 0 radical (unpaired) electrons. The van der Waals surface area contributed by atoms with Gasteiger partial charge in [-0.25, -0.2) is 4.98 Å². The van der Waals surface area contributed by atoms with E-state index < -0.39 is 0 Å². The van der Waals surface area contributed by atoms with Crippen molar-refractivity contribution in [2.45, 2.75) is 53.2 Å². The first-order valence-corrected chi connectivity index (χ1v) is 9.11. The van der Waals surface area contributed by atoms with Crippen LogP contribution >= 0.6 is 11.6 Å². The molecule has 1 aliphatic rings. The molecule has 0 saturated carbocycles. The molecule has 1 aromatic rings. The first-order chi connectivity index (χ1) is 12.0. The molecule has 0 spiro atoms. The second-order valence-corrected chi connectivity index (χ2v) is 7.10. The van der Waals surface area contributed by atoms with E-state index in [1.54, 1.807) is 12.3 Å². The van der Waals surface area contributed by atoms with E-state index in [9.17, 15) is 4.79 Å². The molecule has 0 aliphatic carbocycles. The van der Waals surface area contributed by atoms with Crippen LogP contribution in [0.5, 0.6) is 0 Å². The molecular formula is C19H31ClN4O2. The van der Waals surface area contributed by atoms with Crippen molar-refractivity contribution in [3.05, 3.63) is 29.0 Å². The van der Waals surface area contributed by atoms with Crippen LogP contribution in [0.25, 0.3) is 0 Å². The summed E-state index contributed by atoms with van der Waals surface area (Å²) >= 11 is 5.84. The molecule has 1 amide bonds. The smallest absolute Gasteiger partial charge is 0.239 e. The highest BCUT2D eigenvalue weighted by Gasteiger charge is 2.26. The minimum absolute atomic E-state index is 0. The van der Waals surface area contributed by atoms with Gasteiger partial charge < -0.3 is 15.1 Å². The second kappa shape index (κ2) is 11.1. The molecule has 0 unspecified atom stereocenters. The van der Waals surface area contributed by atoms with Gasteiger partial charge >= 0.3 is 0 Å². The number of carbonyl (C=O) groups excluding carboxylic acids is 1. The number of pyridine rings is 1. The highest BCUT2D eigenvalue weighted by molar-refractivity contribution is 6.29. The zero-order valence-corrected chi connectivity index (χ0v) is 15.9. The summed E-state index contributed by atoms with van der Waals surface area (Å²) in [6, 6.07) is 3.50. The second-order valence-electron chi connectivity index (χ2n) is 6.71. The highest BCUT2D eigenvalue weighted by atomic mass is 35.5. The SMILES string of the molecule is C.CN[C@@H](CC(C)C)C(=O)N1CCC(=NOCc2ccnc(Cl)c2)CC1. The van der Waals surface area contributed by atoms with Crippen molar-refractivity contribution < 1.29 is 9.63 Å². The number of nitrogens with zero attached hydrogens (tertiary/aromatic N) is 3. The average Bonchev–Trinajstić information content (AvgIpc) is 2.59. The van der Waals surface area contributed by atoms with Crippen LogP contribution in [0.15, 0.2) is 23.5 Å². The lowest BCUT2D eigenvalue weighted by molar-refractivity contribution is -0.133. The summed E-state index contributed by atoms with van der Waals surface area (Å²) < 4.78 is 0. The monoisotopic (exact) mass is 382 g/mol. The number of amides is 1. The maximum atomic E-state index is 12.6. The Labute approximate surface area is 161 Å². The van der Waals surface area contributed by atoms with E-state index >= 15 is 0 Å². The van der Waals surface area contributed by atoms with Crippen molar-refractivity contribution in [3.8, 4) is 0 Å². The zero-order chi connectivity index (χ0) is 18.2. The normalized spacial score (nSPS) is 15.4. The average molecular weight is 383 g/mol. The van der Waals surface area contributed by atoms with Gasteiger partial charge in [-0.3, -0.25) is 4.79 Å². The fourth-order valence-electron chi connectivity index (χ4n) is 2.84. The maximum absolute atomic E-state index is 12.6. The summed E-state index contributed by atoms with van der Waals surface area (Å²) in [6.45, 7) is 6.01. The predicted molar refractivity (Wildman–Crippen MR) is 106 cm³/mol. The Morgan fingerprint density at radius 1 is 1.42 bits per heavy atom. The van der Waals surface area contributed by atoms with Gasteiger partial charge in [-0.1, -0.05) is 38.0 Å². The van der Waals surface area contributed by atoms with Gasteiger partial charge in [-0.05, 0) is 37.1 Å². The van der Waals surface area contributed by atoms with Crippen LogP contribution in [0.3, 0.4) is 0 Å². The minimum atomic E-state index is -0.105. The third kappa shape index (κ3) is 6.92. The van der Waals surface area contributed by atoms with Crippen LogP contribution in [0.4, 0.5) is 0 Å². The van der Waals surface area contributed by atoms with Crippen LogP contribution in [-0.2, 0) is 16.2 Å². The molecule has 1 aliphatic heterocycles. The topological polar surface area (TPSA) is 66.8 Å². The summed E-state index contributed by atoms with van der Waals surface area (Å²) in [5.74, 6) is 0.668. The molecule has 6 nitrogen and oxygen atoms in total. The largest absolute Gasteiger partial charge is 0.391 e. The quantitative estimate of drug-likeness (QED) is 0.579. The van der Waals surface area contributed by atoms with Gasteiger partial charge in [0.15, 0.2) is 0 Å². The summed E-state index contributed by atoms with van der Waals surface area (Å²) in [6.07, 6.45) is 4.00. The number of halogens is 1. The van der Waals surface area contributed by atoms with E-state index in [4.69, 9.17) is 16.4 Å². The van der Waals surface area contributed by atoms with Gasteiger partial charge in [0.25, 0.3) is 0 Å². The number of aromatic nitrogens is 1. The Kier molecular flexibility index (Phi) is 9.59. The molecule has 26 heavy (non-hydrogen) atoms. The molecule has 7 heteroatoms. The van der Waals surface area contributed by atoms with Crippen molar-refractivity contribution >= 4 is 23.2 Å². The van der Waals surface area contributed by atoms with Crippen LogP contribution in [0, 0.1) is 5.92 Å². The van der Waals surface area contributed by atoms with Crippen molar-refractivity contribution in [1.29, 1.82) is 0 Å². The standard InChI is InChI=1S/C18H27ClN4O2.CH4/c1-13(2)10-16(20-3)18(24)23-8-5-15(6-9-23)22-25-12-14-4-7-21-17(19)11-14;/h4,7,11,13,16,20H,5-6,8-10,12H2,1-3H3;1H4/t16-;/m0./s1. The summed E-state index contributed by atoms with van der Waals surface area (Å²) in [5, 5.41) is 7.80. The van der Waals surface area contributed by atoms with Gasteiger partial charge in [-0.15, -0.1) is 0 Å². The van der Waals surface area contributed by atoms with Gasteiger partial charge in [0.05, 0.1) is 11.8 Å². The first kappa shape index (κ1) is 22.4. The maximum Gasteiger partial charge on any atom is 0.239 e. The van der Waals surface area contributed by atoms with Crippen LogP contribution in [-0.4, -0.2) is 47.7 Å². The van der Waals surface area contributed by atoms with E-state index in [0.717, 1.165) is 30.5 Å². The van der Waals surface area contributed by atoms with Crippen LogP contribution < -0.4 is 5.32 Å². The number of likely N-dealkylation sites (tertiary alicyclic amines) is 1. The first-order valence-electron chi connectivity index (χ1n) is 8.73. The number of nitrogens with one attached hydrogen (secondary N) is 1. The predicted octanol–water partition coefficient (Wildman–Crippen LogP) is 3.50. The Bertz CT molecular complexity index is 597. The number of hydrogen-bond acceptors (Lipinski definition) is 5. The molecule has 1 aromatic heterocycles.